The summed E-state index contributed by atoms with van der Waals surface area (Å²) in [4.78, 5) is 53.5. The molecule has 3 aromatic carbocycles. The minimum Gasteiger partial charge on any atom is -0.445 e. The average molecular weight is 672 g/mol. The van der Waals surface area contributed by atoms with Crippen molar-refractivity contribution in [2.75, 3.05) is 6.61 Å². The number of rotatable bonds is 10. The summed E-state index contributed by atoms with van der Waals surface area (Å²) < 4.78 is 14.6. The molecule has 11 heteroatoms. The van der Waals surface area contributed by atoms with E-state index in [-0.39, 0.29) is 29.7 Å². The number of alkyl carbamates (subject to hydrolysis) is 1. The Bertz CT molecular complexity index is 1750. The van der Waals surface area contributed by atoms with Gasteiger partial charge in [-0.05, 0) is 27.4 Å². The van der Waals surface area contributed by atoms with Gasteiger partial charge < -0.3 is 9.16 Å². The zero-order chi connectivity index (χ0) is 33.6. The Morgan fingerprint density at radius 3 is 2.06 bits per heavy atom. The topological polar surface area (TPSA) is 119 Å². The number of ether oxygens (including phenoxy) is 1. The predicted octanol–water partition coefficient (Wildman–Crippen LogP) is 4.54. The lowest BCUT2D eigenvalue weighted by atomic mass is 10.1. The molecule has 1 fully saturated rings. The van der Waals surface area contributed by atoms with Gasteiger partial charge in [-0.15, -0.1) is 11.8 Å². The Kier molecular flexibility index (Phi) is 10.7. The molecule has 0 unspecified atom stereocenters. The lowest BCUT2D eigenvalue weighted by Gasteiger charge is -2.43. The number of benzene rings is 3. The number of aromatic nitrogens is 2. The number of hydrogen-bond donors (Lipinski definition) is 2. The molecular weight excluding hydrogens is 631 g/mol. The van der Waals surface area contributed by atoms with Crippen molar-refractivity contribution in [3.05, 3.63) is 129 Å². The van der Waals surface area contributed by atoms with E-state index < -0.39 is 43.0 Å². The number of hydrogen-bond acceptors (Lipinski definition) is 7. The van der Waals surface area contributed by atoms with Crippen molar-refractivity contribution in [2.45, 2.75) is 68.7 Å². The van der Waals surface area contributed by atoms with Crippen molar-refractivity contribution in [2.24, 2.45) is 0 Å². The van der Waals surface area contributed by atoms with Crippen molar-refractivity contribution < 1.29 is 18.8 Å². The third-order valence-electron chi connectivity index (χ3n) is 8.50. The van der Waals surface area contributed by atoms with Crippen LogP contribution in [0, 0.1) is 0 Å². The van der Waals surface area contributed by atoms with Gasteiger partial charge in [-0.3, -0.25) is 24.5 Å². The van der Waals surface area contributed by atoms with Gasteiger partial charge >= 0.3 is 11.8 Å². The SMILES string of the molecule is CCc1cn([C@H]2C[C@H](OC(=O)NC(=O)Cc3ccccc3)[C@@H](CO[Si](c3ccccc3)(c3ccccc3)C(C)(C)C)S2)c(=O)[nH]c1=O. The van der Waals surface area contributed by atoms with Crippen molar-refractivity contribution in [3.8, 4) is 0 Å². The zero-order valence-corrected chi connectivity index (χ0v) is 28.9. The van der Waals surface area contributed by atoms with Crippen LogP contribution in [0.4, 0.5) is 4.79 Å². The highest BCUT2D eigenvalue weighted by molar-refractivity contribution is 8.00. The number of aryl methyl sites for hydroxylation is 1. The molecule has 2 N–H and O–H groups in total. The number of amides is 2. The van der Waals surface area contributed by atoms with Crippen molar-refractivity contribution >= 4 is 42.5 Å². The summed E-state index contributed by atoms with van der Waals surface area (Å²) in [5, 5.41) is 3.50. The lowest BCUT2D eigenvalue weighted by Crippen LogP contribution is -2.67. The number of thioether (sulfide) groups is 1. The number of nitrogens with zero attached hydrogens (tertiary/aromatic N) is 1. The molecule has 1 aliphatic heterocycles. The lowest BCUT2D eigenvalue weighted by molar-refractivity contribution is -0.119. The number of nitrogens with one attached hydrogen (secondary N) is 2. The fourth-order valence-corrected chi connectivity index (χ4v) is 12.4. The molecule has 0 saturated carbocycles. The van der Waals surface area contributed by atoms with Crippen LogP contribution in [0.5, 0.6) is 0 Å². The molecule has 1 aliphatic rings. The van der Waals surface area contributed by atoms with Crippen molar-refractivity contribution in [1.82, 2.24) is 14.9 Å². The number of aromatic amines is 1. The number of carbonyl (C=O) groups is 2. The Balaban J connectivity index is 1.45. The number of imide groups is 1. The maximum absolute atomic E-state index is 13.1. The molecule has 9 nitrogen and oxygen atoms in total. The summed E-state index contributed by atoms with van der Waals surface area (Å²) >= 11 is 1.46. The van der Waals surface area contributed by atoms with Crippen LogP contribution in [0.1, 0.15) is 50.6 Å². The van der Waals surface area contributed by atoms with Crippen LogP contribution >= 0.6 is 11.8 Å². The molecule has 246 valence electrons. The van der Waals surface area contributed by atoms with Crippen LogP contribution < -0.4 is 26.9 Å². The van der Waals surface area contributed by atoms with Gasteiger partial charge in [0.2, 0.25) is 5.91 Å². The molecule has 2 heterocycles. The maximum atomic E-state index is 13.1. The Morgan fingerprint density at radius 2 is 1.51 bits per heavy atom. The molecular formula is C36H41N3O6SSi. The van der Waals surface area contributed by atoms with Gasteiger partial charge in [0.25, 0.3) is 13.9 Å². The monoisotopic (exact) mass is 671 g/mol. The fourth-order valence-electron chi connectivity index (χ4n) is 6.21. The first-order valence-corrected chi connectivity index (χ1v) is 18.7. The van der Waals surface area contributed by atoms with Gasteiger partial charge in [-0.1, -0.05) is 119 Å². The van der Waals surface area contributed by atoms with Crippen LogP contribution in [0.15, 0.2) is 107 Å². The fraction of sp³-hybridized carbons (Fsp3) is 0.333. The second-order valence-electron chi connectivity index (χ2n) is 12.7. The van der Waals surface area contributed by atoms with E-state index in [0.717, 1.165) is 15.9 Å². The van der Waals surface area contributed by atoms with Gasteiger partial charge in [-0.2, -0.15) is 0 Å². The van der Waals surface area contributed by atoms with E-state index in [1.165, 1.54) is 16.3 Å². The molecule has 0 spiro atoms. The smallest absolute Gasteiger partial charge is 0.414 e. The molecule has 47 heavy (non-hydrogen) atoms. The molecule has 0 bridgehead atoms. The predicted molar refractivity (Wildman–Crippen MR) is 188 cm³/mol. The quantitative estimate of drug-likeness (QED) is 0.238. The van der Waals surface area contributed by atoms with E-state index in [2.05, 4.69) is 55.3 Å². The summed E-state index contributed by atoms with van der Waals surface area (Å²) in [5.74, 6) is -0.479. The second-order valence-corrected chi connectivity index (χ2v) is 18.4. The minimum atomic E-state index is -2.93. The normalized spacial score (nSPS) is 18.1. The van der Waals surface area contributed by atoms with Crippen molar-refractivity contribution in [1.29, 1.82) is 0 Å². The highest BCUT2D eigenvalue weighted by atomic mass is 32.2. The van der Waals surface area contributed by atoms with Crippen molar-refractivity contribution in [3.63, 3.8) is 0 Å². The summed E-state index contributed by atoms with van der Waals surface area (Å²) in [5.41, 5.74) is 0.320. The van der Waals surface area contributed by atoms with E-state index in [4.69, 9.17) is 9.16 Å². The number of H-pyrrole nitrogens is 1. The molecule has 0 aliphatic carbocycles. The molecule has 1 saturated heterocycles. The maximum Gasteiger partial charge on any atom is 0.414 e. The zero-order valence-electron chi connectivity index (χ0n) is 27.1. The molecule has 0 radical (unpaired) electrons. The minimum absolute atomic E-state index is 0.0327. The van der Waals surface area contributed by atoms with Crippen LogP contribution in [0.2, 0.25) is 5.04 Å². The third-order valence-corrected chi connectivity index (χ3v) is 15.0. The highest BCUT2D eigenvalue weighted by Crippen LogP contribution is 2.44. The largest absolute Gasteiger partial charge is 0.445 e. The highest BCUT2D eigenvalue weighted by Gasteiger charge is 2.51. The van der Waals surface area contributed by atoms with Crippen LogP contribution in [-0.4, -0.2) is 47.8 Å². The van der Waals surface area contributed by atoms with E-state index >= 15 is 0 Å². The van der Waals surface area contributed by atoms with Gasteiger partial charge in [0.1, 0.15) is 6.10 Å². The first-order chi connectivity index (χ1) is 22.5. The summed E-state index contributed by atoms with van der Waals surface area (Å²) in [6.07, 6.45) is 0.830. The summed E-state index contributed by atoms with van der Waals surface area (Å²) in [6.45, 7) is 8.65. The summed E-state index contributed by atoms with van der Waals surface area (Å²) in [6, 6.07) is 29.6. The van der Waals surface area contributed by atoms with E-state index in [1.807, 2.05) is 73.7 Å². The van der Waals surface area contributed by atoms with E-state index in [9.17, 15) is 19.2 Å². The second kappa shape index (κ2) is 14.7. The van der Waals surface area contributed by atoms with Crippen LogP contribution in [-0.2, 0) is 26.8 Å². The standard InChI is InChI=1S/C36H41N3O6SSi/c1-5-26-23-39(34(42)38-33(26)41)32-22-29(45-35(43)37-31(40)21-25-15-9-6-10-16-25)30(46-32)24-44-47(36(2,3)4,27-17-11-7-12-18-27)28-19-13-8-14-20-28/h6-20,23,29-30,32H,5,21-22,24H2,1-4H3,(H,37,40,43)(H,38,41,42)/t29-,30+,32+/m0/s1. The third kappa shape index (κ3) is 7.69. The Hall–Kier alpha value is -4.19. The van der Waals surface area contributed by atoms with Gasteiger partial charge in [-0.25, -0.2) is 9.59 Å². The van der Waals surface area contributed by atoms with Crippen LogP contribution in [0.25, 0.3) is 0 Å². The Labute approximate surface area is 279 Å². The average Bonchev–Trinajstić information content (AvgIpc) is 3.44. The molecule has 3 atom stereocenters. The molecule has 4 aromatic rings. The summed E-state index contributed by atoms with van der Waals surface area (Å²) in [7, 11) is -2.93. The first-order valence-electron chi connectivity index (χ1n) is 15.8. The first kappa shape index (κ1) is 34.1. The molecule has 2 amide bonds. The van der Waals surface area contributed by atoms with E-state index in [1.54, 1.807) is 6.20 Å². The number of carbonyl (C=O) groups excluding carboxylic acids is 2. The Morgan fingerprint density at radius 1 is 0.936 bits per heavy atom. The van der Waals surface area contributed by atoms with Gasteiger partial charge in [0, 0.05) is 18.2 Å². The molecule has 5 rings (SSSR count). The van der Waals surface area contributed by atoms with E-state index in [0.29, 0.717) is 12.0 Å². The van der Waals surface area contributed by atoms with Gasteiger partial charge in [0.15, 0.2) is 0 Å². The molecule has 1 aromatic heterocycles. The van der Waals surface area contributed by atoms with Gasteiger partial charge in [0.05, 0.1) is 23.7 Å². The van der Waals surface area contributed by atoms with Crippen LogP contribution in [0.3, 0.4) is 0 Å².